The monoisotopic (exact) mass is 479 g/mol. The van der Waals surface area contributed by atoms with E-state index in [0.717, 1.165) is 45.6 Å². The van der Waals surface area contributed by atoms with E-state index in [1.807, 2.05) is 44.4 Å². The first-order valence-corrected chi connectivity index (χ1v) is 10.4. The van der Waals surface area contributed by atoms with Gasteiger partial charge in [-0.1, -0.05) is 5.16 Å². The lowest BCUT2D eigenvalue weighted by atomic mass is 10.1. The number of nitrogens with one attached hydrogen (secondary N) is 1. The molecular weight excluding hydrogens is 454 g/mol. The highest BCUT2D eigenvalue weighted by atomic mass is 35.5. The predicted octanol–water partition coefficient (Wildman–Crippen LogP) is 3.93. The van der Waals surface area contributed by atoms with Gasteiger partial charge >= 0.3 is 0 Å². The highest BCUT2D eigenvalue weighted by molar-refractivity contribution is 6.30. The Labute approximate surface area is 205 Å². The highest BCUT2D eigenvalue weighted by Crippen LogP contribution is 2.46. The Bertz CT molecular complexity index is 1300. The predicted molar refractivity (Wildman–Crippen MR) is 136 cm³/mol. The molecule has 0 amide bonds. The molecule has 1 aliphatic carbocycles. The average molecular weight is 480 g/mol. The fourth-order valence-electron chi connectivity index (χ4n) is 3.78. The smallest absolute Gasteiger partial charge is 0.247 e. The van der Waals surface area contributed by atoms with Crippen molar-refractivity contribution in [2.75, 3.05) is 41.5 Å². The molecule has 1 heterocycles. The van der Waals surface area contributed by atoms with Gasteiger partial charge in [-0.25, -0.2) is 0 Å². The van der Waals surface area contributed by atoms with Gasteiger partial charge in [-0.05, 0) is 56.3 Å². The molecule has 0 radical (unpaired) electrons. The van der Waals surface area contributed by atoms with Crippen LogP contribution in [0, 0.1) is 24.7 Å². The normalized spacial score (nSPS) is 12.6. The lowest BCUT2D eigenvalue weighted by Crippen LogP contribution is -2.19. The molecule has 4 rings (SSSR count). The molecule has 1 N–H and O–H groups in total. The quantitative estimate of drug-likeness (QED) is 0.306. The van der Waals surface area contributed by atoms with Crippen LogP contribution in [0.3, 0.4) is 0 Å². The summed E-state index contributed by atoms with van der Waals surface area (Å²) in [6.07, 6.45) is 10.0. The molecule has 0 spiro atoms. The Balaban J connectivity index is 0.00000324. The molecule has 0 aliphatic heterocycles. The number of halogens is 1. The van der Waals surface area contributed by atoms with Gasteiger partial charge in [0.25, 0.3) is 0 Å². The third kappa shape index (κ3) is 4.49. The minimum absolute atomic E-state index is 0. The van der Waals surface area contributed by atoms with Gasteiger partial charge < -0.3 is 28.9 Å². The number of ether oxygens (including phenoxy) is 3. The Morgan fingerprint density at radius 1 is 1.03 bits per heavy atom. The number of aromatic amines is 1. The second-order valence-electron chi connectivity index (χ2n) is 7.75. The molecule has 0 fully saturated rings. The number of rotatable bonds is 8. The van der Waals surface area contributed by atoms with Crippen molar-refractivity contribution in [3.63, 3.8) is 0 Å². The zero-order valence-corrected chi connectivity index (χ0v) is 20.3. The number of methoxy groups -OCH3 is 2. The molecule has 0 bridgehead atoms. The maximum Gasteiger partial charge on any atom is 0.247 e. The molecule has 8 heteroatoms. The van der Waals surface area contributed by atoms with Gasteiger partial charge in [0.05, 0.1) is 19.9 Å². The molecule has 3 aromatic rings. The second-order valence-corrected chi connectivity index (χ2v) is 7.75. The van der Waals surface area contributed by atoms with Crippen molar-refractivity contribution in [1.29, 1.82) is 0 Å². The average Bonchev–Trinajstić information content (AvgIpc) is 3.33. The van der Waals surface area contributed by atoms with E-state index in [4.69, 9.17) is 31.9 Å². The van der Waals surface area contributed by atoms with Crippen LogP contribution in [0.2, 0.25) is 0 Å². The number of H-pyrrole nitrogens is 1. The van der Waals surface area contributed by atoms with Crippen LogP contribution < -0.4 is 14.2 Å². The first-order chi connectivity index (χ1) is 16.0. The fourth-order valence-corrected chi connectivity index (χ4v) is 3.78. The van der Waals surface area contributed by atoms with E-state index in [2.05, 4.69) is 26.9 Å². The van der Waals surface area contributed by atoms with Gasteiger partial charge in [0.2, 0.25) is 6.10 Å². The molecule has 176 valence electrons. The topological polar surface area (TPSA) is 68.3 Å². The van der Waals surface area contributed by atoms with E-state index >= 15 is 0 Å². The summed E-state index contributed by atoms with van der Waals surface area (Å²) in [5, 5.41) is 5.33. The summed E-state index contributed by atoms with van der Waals surface area (Å²) in [5.74, 6) is 6.75. The Morgan fingerprint density at radius 3 is 2.32 bits per heavy atom. The van der Waals surface area contributed by atoms with Crippen LogP contribution in [0.15, 0.2) is 35.5 Å². The van der Waals surface area contributed by atoms with E-state index in [9.17, 15) is 0 Å². The third-order valence-corrected chi connectivity index (χ3v) is 5.41. The summed E-state index contributed by atoms with van der Waals surface area (Å²) in [6.45, 7) is 1.39. The lowest BCUT2D eigenvalue weighted by Gasteiger charge is -2.12. The number of fused-ring (bicyclic) bond motifs is 5. The minimum atomic E-state index is -0.875. The van der Waals surface area contributed by atoms with Gasteiger partial charge in [-0.2, -0.15) is 0 Å². The molecule has 1 aromatic heterocycles. The van der Waals surface area contributed by atoms with Crippen LogP contribution in [0.5, 0.6) is 17.2 Å². The van der Waals surface area contributed by atoms with Gasteiger partial charge in [-0.15, -0.1) is 25.3 Å². The molecule has 2 aromatic carbocycles. The standard InChI is InChI=1S/C26H25N3O4.ClH/c1-7-16(8-2)33-28-26-19-15-23(31-6)22(30-5)14-18(19)25-24(26)20-13-17(9-10-21(20)27-25)32-12-11-29(3)4;/h1-2,9-10,13-16,27H,11-12H2,3-6H3;1H. The molecule has 0 saturated heterocycles. The number of nitrogens with zero attached hydrogens (tertiary/aromatic N) is 2. The lowest BCUT2D eigenvalue weighted by molar-refractivity contribution is 0.137. The van der Waals surface area contributed by atoms with Gasteiger partial charge in [-0.3, -0.25) is 0 Å². The minimum Gasteiger partial charge on any atom is -0.493 e. The SMILES string of the molecule is C#CC(C#C)ON=C1c2cc(OC)c(OC)cc2-c2[nH]c3ccc(OCCN(C)C)cc3c21.Cl. The van der Waals surface area contributed by atoms with Crippen molar-refractivity contribution in [2.45, 2.75) is 6.10 Å². The zero-order chi connectivity index (χ0) is 23.5. The first-order valence-electron chi connectivity index (χ1n) is 10.4. The van der Waals surface area contributed by atoms with Crippen molar-refractivity contribution >= 4 is 29.0 Å². The second kappa shape index (κ2) is 10.4. The molecule has 34 heavy (non-hydrogen) atoms. The summed E-state index contributed by atoms with van der Waals surface area (Å²) in [4.78, 5) is 11.1. The number of aromatic nitrogens is 1. The molecule has 0 atom stereocenters. The summed E-state index contributed by atoms with van der Waals surface area (Å²) in [6, 6.07) is 9.71. The van der Waals surface area contributed by atoms with Crippen molar-refractivity contribution in [1.82, 2.24) is 9.88 Å². The van der Waals surface area contributed by atoms with Crippen molar-refractivity contribution < 1.29 is 19.0 Å². The van der Waals surface area contributed by atoms with Crippen LogP contribution in [-0.2, 0) is 4.84 Å². The van der Waals surface area contributed by atoms with Crippen LogP contribution >= 0.6 is 12.4 Å². The molecular formula is C26H26ClN3O4. The number of likely N-dealkylation sites (N-methyl/N-ethyl adjacent to an activating group) is 1. The van der Waals surface area contributed by atoms with E-state index < -0.39 is 6.10 Å². The summed E-state index contributed by atoms with van der Waals surface area (Å²) in [7, 11) is 7.21. The molecule has 0 unspecified atom stereocenters. The largest absolute Gasteiger partial charge is 0.493 e. The fraction of sp³-hybridized carbons (Fsp3) is 0.269. The summed E-state index contributed by atoms with van der Waals surface area (Å²) in [5.41, 5.74) is 5.05. The van der Waals surface area contributed by atoms with E-state index in [-0.39, 0.29) is 12.4 Å². The Morgan fingerprint density at radius 2 is 1.71 bits per heavy atom. The zero-order valence-electron chi connectivity index (χ0n) is 19.5. The number of hydrogen-bond donors (Lipinski definition) is 1. The van der Waals surface area contributed by atoms with E-state index in [1.54, 1.807) is 14.2 Å². The molecule has 0 saturated carbocycles. The van der Waals surface area contributed by atoms with Gasteiger partial charge in [0, 0.05) is 34.1 Å². The first kappa shape index (κ1) is 24.9. The van der Waals surface area contributed by atoms with E-state index in [0.29, 0.717) is 23.8 Å². The van der Waals surface area contributed by atoms with Crippen molar-refractivity contribution in [2.24, 2.45) is 5.16 Å². The van der Waals surface area contributed by atoms with Crippen molar-refractivity contribution in [3.05, 3.63) is 41.5 Å². The maximum atomic E-state index is 5.95. The highest BCUT2D eigenvalue weighted by Gasteiger charge is 2.32. The number of oxime groups is 1. The van der Waals surface area contributed by atoms with Crippen LogP contribution in [0.25, 0.3) is 22.2 Å². The number of benzene rings is 2. The molecule has 7 nitrogen and oxygen atoms in total. The van der Waals surface area contributed by atoms with Gasteiger partial charge in [0.1, 0.15) is 18.1 Å². The third-order valence-electron chi connectivity index (χ3n) is 5.41. The van der Waals surface area contributed by atoms with E-state index in [1.165, 1.54) is 0 Å². The van der Waals surface area contributed by atoms with Crippen LogP contribution in [-0.4, -0.2) is 63.2 Å². The maximum absolute atomic E-state index is 5.95. The van der Waals surface area contributed by atoms with Crippen molar-refractivity contribution in [3.8, 4) is 53.2 Å². The van der Waals surface area contributed by atoms with Crippen LogP contribution in [0.4, 0.5) is 0 Å². The summed E-state index contributed by atoms with van der Waals surface area (Å²) < 4.78 is 17.0. The van der Waals surface area contributed by atoms with Gasteiger partial charge in [0.15, 0.2) is 11.5 Å². The number of terminal acetylenes is 2. The molecule has 1 aliphatic rings. The van der Waals surface area contributed by atoms with Crippen LogP contribution in [0.1, 0.15) is 11.1 Å². The Kier molecular flexibility index (Phi) is 7.63. The Hall–Kier alpha value is -3.78. The number of hydrogen-bond acceptors (Lipinski definition) is 6. The summed E-state index contributed by atoms with van der Waals surface area (Å²) >= 11 is 0.